The summed E-state index contributed by atoms with van der Waals surface area (Å²) in [5.74, 6) is 0. The lowest BCUT2D eigenvalue weighted by Gasteiger charge is -2.10. The highest BCUT2D eigenvalue weighted by Gasteiger charge is 2.08. The van der Waals surface area contributed by atoms with Crippen molar-refractivity contribution in [2.75, 3.05) is 0 Å². The molecular weight excluding hydrogens is 258 g/mol. The van der Waals surface area contributed by atoms with Crippen molar-refractivity contribution in [2.24, 2.45) is 4.99 Å². The molecule has 21 heavy (non-hydrogen) atoms. The van der Waals surface area contributed by atoms with Crippen LogP contribution in [0.2, 0.25) is 0 Å². The van der Waals surface area contributed by atoms with E-state index in [4.69, 9.17) is 0 Å². The smallest absolute Gasteiger partial charge is 0.211 e. The van der Waals surface area contributed by atoms with Crippen LogP contribution in [0, 0.1) is 0 Å². The Balaban J connectivity index is 2.13. The maximum atomic E-state index is 10.6. The highest BCUT2D eigenvalue weighted by molar-refractivity contribution is 5.35. The van der Waals surface area contributed by atoms with E-state index in [1.165, 1.54) is 51.4 Å². The third kappa shape index (κ3) is 8.47. The van der Waals surface area contributed by atoms with Gasteiger partial charge in [0.15, 0.2) is 0 Å². The molecule has 0 amide bonds. The van der Waals surface area contributed by atoms with Crippen molar-refractivity contribution in [3.05, 3.63) is 35.9 Å². The molecule has 0 saturated heterocycles. The molecule has 0 N–H and O–H groups in total. The molecular formula is C19H29NO. The molecule has 0 spiro atoms. The fourth-order valence-electron chi connectivity index (χ4n) is 2.69. The maximum absolute atomic E-state index is 10.6. The van der Waals surface area contributed by atoms with Crippen molar-refractivity contribution in [2.45, 2.75) is 77.2 Å². The zero-order valence-corrected chi connectivity index (χ0v) is 13.4. The van der Waals surface area contributed by atoms with E-state index in [0.717, 1.165) is 18.4 Å². The van der Waals surface area contributed by atoms with Crippen LogP contribution in [0.3, 0.4) is 0 Å². The average molecular weight is 287 g/mol. The first kappa shape index (κ1) is 17.7. The minimum absolute atomic E-state index is 0.00625. The van der Waals surface area contributed by atoms with E-state index in [1.807, 2.05) is 30.3 Å². The number of rotatable bonds is 12. The number of hydrogen-bond donors (Lipinski definition) is 0. The monoisotopic (exact) mass is 287 g/mol. The molecule has 1 aromatic rings. The van der Waals surface area contributed by atoms with Crippen molar-refractivity contribution in [3.63, 3.8) is 0 Å². The normalized spacial score (nSPS) is 11.9. The summed E-state index contributed by atoms with van der Waals surface area (Å²) in [5.41, 5.74) is 1.13. The third-order valence-electron chi connectivity index (χ3n) is 3.97. The van der Waals surface area contributed by atoms with E-state index < -0.39 is 0 Å². The molecule has 2 nitrogen and oxygen atoms in total. The number of aliphatic imine (C=N–C) groups is 1. The van der Waals surface area contributed by atoms with Crippen LogP contribution in [0.4, 0.5) is 0 Å². The number of benzene rings is 1. The molecule has 0 fully saturated rings. The largest absolute Gasteiger partial charge is 0.235 e. The summed E-state index contributed by atoms with van der Waals surface area (Å²) in [6.07, 6.45) is 14.5. The average Bonchev–Trinajstić information content (AvgIpc) is 2.53. The first-order chi connectivity index (χ1) is 10.4. The van der Waals surface area contributed by atoms with Gasteiger partial charge in [-0.1, -0.05) is 95.0 Å². The predicted octanol–water partition coefficient (Wildman–Crippen LogP) is 5.98. The van der Waals surface area contributed by atoms with Gasteiger partial charge in [0.2, 0.25) is 6.08 Å². The Labute approximate surface area is 129 Å². The van der Waals surface area contributed by atoms with Gasteiger partial charge in [0.1, 0.15) is 0 Å². The van der Waals surface area contributed by atoms with Crippen LogP contribution in [0.5, 0.6) is 0 Å². The fraction of sp³-hybridized carbons (Fsp3) is 0.632. The van der Waals surface area contributed by atoms with E-state index in [9.17, 15) is 4.79 Å². The number of isocyanates is 1. The van der Waals surface area contributed by atoms with Crippen LogP contribution < -0.4 is 0 Å². The number of carbonyl (C=O) groups excluding carboxylic acids is 1. The molecule has 0 heterocycles. The highest BCUT2D eigenvalue weighted by atomic mass is 16.1. The van der Waals surface area contributed by atoms with E-state index >= 15 is 0 Å². The van der Waals surface area contributed by atoms with E-state index in [2.05, 4.69) is 11.9 Å². The van der Waals surface area contributed by atoms with Crippen molar-refractivity contribution < 1.29 is 4.79 Å². The molecule has 2 heteroatoms. The number of hydrogen-bond acceptors (Lipinski definition) is 2. The molecule has 1 atom stereocenters. The second-order valence-electron chi connectivity index (χ2n) is 5.76. The Morgan fingerprint density at radius 3 is 2.05 bits per heavy atom. The molecule has 0 radical (unpaired) electrons. The van der Waals surface area contributed by atoms with Gasteiger partial charge in [-0.2, -0.15) is 4.99 Å². The molecule has 1 aromatic carbocycles. The summed E-state index contributed by atoms with van der Waals surface area (Å²) in [6, 6.07) is 10.1. The Kier molecular flexibility index (Phi) is 10.4. The SMILES string of the molecule is CCCCCCCCCCCC(N=C=O)c1ccccc1. The van der Waals surface area contributed by atoms with Crippen LogP contribution in [0.1, 0.15) is 82.7 Å². The van der Waals surface area contributed by atoms with Crippen molar-refractivity contribution >= 4 is 6.08 Å². The van der Waals surface area contributed by atoms with Gasteiger partial charge < -0.3 is 0 Å². The minimum Gasteiger partial charge on any atom is -0.211 e. The van der Waals surface area contributed by atoms with Gasteiger partial charge in [-0.25, -0.2) is 4.79 Å². The summed E-state index contributed by atoms with van der Waals surface area (Å²) in [5, 5.41) is 0. The number of unbranched alkanes of at least 4 members (excludes halogenated alkanes) is 8. The first-order valence-corrected chi connectivity index (χ1v) is 8.50. The minimum atomic E-state index is -0.00625. The first-order valence-electron chi connectivity index (χ1n) is 8.50. The van der Waals surface area contributed by atoms with Crippen LogP contribution >= 0.6 is 0 Å². The highest BCUT2D eigenvalue weighted by Crippen LogP contribution is 2.23. The summed E-state index contributed by atoms with van der Waals surface area (Å²) >= 11 is 0. The van der Waals surface area contributed by atoms with E-state index in [0.29, 0.717) is 0 Å². The molecule has 116 valence electrons. The summed E-state index contributed by atoms with van der Waals surface area (Å²) < 4.78 is 0. The summed E-state index contributed by atoms with van der Waals surface area (Å²) in [6.45, 7) is 2.25. The summed E-state index contributed by atoms with van der Waals surface area (Å²) in [4.78, 5) is 14.5. The lowest BCUT2D eigenvalue weighted by atomic mass is 10.00. The van der Waals surface area contributed by atoms with E-state index in [1.54, 1.807) is 6.08 Å². The second-order valence-corrected chi connectivity index (χ2v) is 5.76. The fourth-order valence-corrected chi connectivity index (χ4v) is 2.69. The molecule has 0 aliphatic carbocycles. The second kappa shape index (κ2) is 12.3. The molecule has 0 aliphatic heterocycles. The summed E-state index contributed by atoms with van der Waals surface area (Å²) in [7, 11) is 0. The molecule has 1 rings (SSSR count). The zero-order valence-electron chi connectivity index (χ0n) is 13.4. The van der Waals surface area contributed by atoms with Gasteiger partial charge >= 0.3 is 0 Å². The van der Waals surface area contributed by atoms with Gasteiger partial charge in [0.25, 0.3) is 0 Å². The van der Waals surface area contributed by atoms with Gasteiger partial charge in [-0.3, -0.25) is 0 Å². The standard InChI is InChI=1S/C19H29NO/c1-2-3-4-5-6-7-8-9-13-16-19(20-17-21)18-14-11-10-12-15-18/h10-12,14-15,19H,2-9,13,16H2,1H3. The van der Waals surface area contributed by atoms with Crippen molar-refractivity contribution in [1.29, 1.82) is 0 Å². The molecule has 0 aromatic heterocycles. The predicted molar refractivity (Wildman–Crippen MR) is 89.1 cm³/mol. The molecule has 0 aliphatic rings. The zero-order chi connectivity index (χ0) is 15.2. The van der Waals surface area contributed by atoms with Crippen LogP contribution in [0.25, 0.3) is 0 Å². The van der Waals surface area contributed by atoms with Crippen LogP contribution in [-0.4, -0.2) is 6.08 Å². The van der Waals surface area contributed by atoms with Crippen molar-refractivity contribution in [1.82, 2.24) is 0 Å². The Morgan fingerprint density at radius 2 is 1.48 bits per heavy atom. The Bertz CT molecular complexity index is 395. The lowest BCUT2D eigenvalue weighted by Crippen LogP contribution is -1.95. The van der Waals surface area contributed by atoms with Gasteiger partial charge in [-0.15, -0.1) is 0 Å². The molecule has 0 bridgehead atoms. The van der Waals surface area contributed by atoms with E-state index in [-0.39, 0.29) is 6.04 Å². The van der Waals surface area contributed by atoms with Crippen LogP contribution in [0.15, 0.2) is 35.3 Å². The maximum Gasteiger partial charge on any atom is 0.235 e. The van der Waals surface area contributed by atoms with Gasteiger partial charge in [-0.05, 0) is 12.0 Å². The Hall–Kier alpha value is -1.40. The third-order valence-corrected chi connectivity index (χ3v) is 3.97. The topological polar surface area (TPSA) is 29.4 Å². The van der Waals surface area contributed by atoms with Crippen molar-refractivity contribution in [3.8, 4) is 0 Å². The number of nitrogens with zero attached hydrogens (tertiary/aromatic N) is 1. The molecule has 0 saturated carbocycles. The van der Waals surface area contributed by atoms with Crippen LogP contribution in [-0.2, 0) is 4.79 Å². The van der Waals surface area contributed by atoms with Gasteiger partial charge in [0, 0.05) is 0 Å². The van der Waals surface area contributed by atoms with Gasteiger partial charge in [0.05, 0.1) is 6.04 Å². The quantitative estimate of drug-likeness (QED) is 0.264. The Morgan fingerprint density at radius 1 is 0.905 bits per heavy atom. The lowest BCUT2D eigenvalue weighted by molar-refractivity contribution is 0.524. The molecule has 1 unspecified atom stereocenters.